The first kappa shape index (κ1) is 26.8. The van der Waals surface area contributed by atoms with Crippen LogP contribution in [0.4, 0.5) is 5.69 Å². The van der Waals surface area contributed by atoms with Crippen molar-refractivity contribution in [3.63, 3.8) is 0 Å². The van der Waals surface area contributed by atoms with Crippen molar-refractivity contribution in [1.82, 2.24) is 4.31 Å². The van der Waals surface area contributed by atoms with E-state index in [0.29, 0.717) is 12.0 Å². The Morgan fingerprint density at radius 2 is 1.76 bits per heavy atom. The number of imide groups is 1. The van der Waals surface area contributed by atoms with Crippen LogP contribution in [0.3, 0.4) is 0 Å². The molecule has 8 nitrogen and oxygen atoms in total. The number of hydrogen-bond acceptors (Lipinski definition) is 6. The lowest BCUT2D eigenvalue weighted by Crippen LogP contribution is -2.46. The Bertz CT molecular complexity index is 1300. The summed E-state index contributed by atoms with van der Waals surface area (Å²) in [6.45, 7) is 3.91. The molecule has 0 spiro atoms. The van der Waals surface area contributed by atoms with Crippen LogP contribution in [0.15, 0.2) is 65.1 Å². The number of ether oxygens (including phenoxy) is 1. The van der Waals surface area contributed by atoms with Crippen molar-refractivity contribution in [1.29, 1.82) is 0 Å². The van der Waals surface area contributed by atoms with Crippen molar-refractivity contribution in [2.75, 3.05) is 18.1 Å². The lowest BCUT2D eigenvalue weighted by Gasteiger charge is -2.28. The number of esters is 1. The molecular weight excluding hydrogens is 492 g/mol. The minimum absolute atomic E-state index is 0.0909. The molecule has 1 atom stereocenters. The lowest BCUT2D eigenvalue weighted by molar-refractivity contribution is -0.122. The maximum atomic E-state index is 13.8. The fraction of sp³-hybridized carbons (Fsp3) is 0.393. The molecule has 2 aliphatic rings. The average Bonchev–Trinajstić information content (AvgIpc) is 3.18. The van der Waals surface area contributed by atoms with Crippen LogP contribution in [-0.4, -0.2) is 49.7 Å². The molecule has 2 aromatic carbocycles. The van der Waals surface area contributed by atoms with Gasteiger partial charge in [0.15, 0.2) is 0 Å². The molecule has 1 aliphatic carbocycles. The highest BCUT2D eigenvalue weighted by molar-refractivity contribution is 7.89. The van der Waals surface area contributed by atoms with E-state index in [1.54, 1.807) is 19.1 Å². The molecule has 4 rings (SSSR count). The van der Waals surface area contributed by atoms with E-state index in [-0.39, 0.29) is 30.2 Å². The zero-order valence-electron chi connectivity index (χ0n) is 21.2. The van der Waals surface area contributed by atoms with Crippen molar-refractivity contribution in [3.8, 4) is 0 Å². The summed E-state index contributed by atoms with van der Waals surface area (Å²) >= 11 is 0. The van der Waals surface area contributed by atoms with Gasteiger partial charge in [-0.2, -0.15) is 4.31 Å². The molecule has 1 saturated heterocycles. The van der Waals surface area contributed by atoms with Gasteiger partial charge in [-0.3, -0.25) is 9.59 Å². The SMILES string of the molecule is CCOC(=O)c1ccc(N2C(=O)CC(N(CCC3=CCCCC3)S(=O)(=O)c3ccc(C)cc3)C2=O)cc1. The first-order valence-corrected chi connectivity index (χ1v) is 14.1. The second-order valence-electron chi connectivity index (χ2n) is 9.34. The van der Waals surface area contributed by atoms with Crippen LogP contribution < -0.4 is 4.90 Å². The minimum Gasteiger partial charge on any atom is -0.462 e. The van der Waals surface area contributed by atoms with Gasteiger partial charge in [-0.25, -0.2) is 18.1 Å². The Morgan fingerprint density at radius 3 is 2.38 bits per heavy atom. The molecule has 2 amide bonds. The summed E-state index contributed by atoms with van der Waals surface area (Å²) in [5.41, 5.74) is 2.68. The number of benzene rings is 2. The van der Waals surface area contributed by atoms with Gasteiger partial charge in [0, 0.05) is 6.54 Å². The van der Waals surface area contributed by atoms with Gasteiger partial charge in [-0.05, 0) is 82.3 Å². The van der Waals surface area contributed by atoms with Gasteiger partial charge in [0.25, 0.3) is 5.91 Å². The summed E-state index contributed by atoms with van der Waals surface area (Å²) < 4.78 is 33.7. The van der Waals surface area contributed by atoms with Gasteiger partial charge in [-0.15, -0.1) is 0 Å². The summed E-state index contributed by atoms with van der Waals surface area (Å²) in [4.78, 5) is 39.6. The summed E-state index contributed by atoms with van der Waals surface area (Å²) in [7, 11) is -4.04. The van der Waals surface area contributed by atoms with Crippen LogP contribution >= 0.6 is 0 Å². The third-order valence-corrected chi connectivity index (χ3v) is 8.70. The second-order valence-corrected chi connectivity index (χ2v) is 11.2. The number of allylic oxidation sites excluding steroid dienone is 1. The Hall–Kier alpha value is -3.30. The monoisotopic (exact) mass is 524 g/mol. The zero-order valence-corrected chi connectivity index (χ0v) is 22.0. The summed E-state index contributed by atoms with van der Waals surface area (Å²) in [6, 6.07) is 11.3. The molecule has 0 N–H and O–H groups in total. The minimum atomic E-state index is -4.04. The van der Waals surface area contributed by atoms with E-state index < -0.39 is 33.8 Å². The van der Waals surface area contributed by atoms with E-state index in [0.717, 1.165) is 36.1 Å². The van der Waals surface area contributed by atoms with Gasteiger partial charge in [-0.1, -0.05) is 29.3 Å². The number of nitrogens with zero attached hydrogens (tertiary/aromatic N) is 2. The zero-order chi connectivity index (χ0) is 26.6. The number of hydrogen-bond donors (Lipinski definition) is 0. The smallest absolute Gasteiger partial charge is 0.338 e. The summed E-state index contributed by atoms with van der Waals surface area (Å²) in [6.07, 6.45) is 6.48. The van der Waals surface area contributed by atoms with Gasteiger partial charge in [0.1, 0.15) is 6.04 Å². The van der Waals surface area contributed by atoms with Crippen LogP contribution in [0, 0.1) is 6.92 Å². The molecule has 37 heavy (non-hydrogen) atoms. The highest BCUT2D eigenvalue weighted by Gasteiger charge is 2.46. The number of carbonyl (C=O) groups is 3. The van der Waals surface area contributed by atoms with Gasteiger partial charge >= 0.3 is 5.97 Å². The summed E-state index contributed by atoms with van der Waals surface area (Å²) in [5.74, 6) is -1.58. The van der Waals surface area contributed by atoms with Crippen molar-refractivity contribution < 1.29 is 27.5 Å². The number of aryl methyl sites for hydroxylation is 1. The van der Waals surface area contributed by atoms with Crippen LogP contribution in [0.25, 0.3) is 0 Å². The highest BCUT2D eigenvalue weighted by atomic mass is 32.2. The predicted molar refractivity (Wildman–Crippen MR) is 140 cm³/mol. The van der Waals surface area contributed by atoms with Crippen molar-refractivity contribution in [2.24, 2.45) is 0 Å². The van der Waals surface area contributed by atoms with Gasteiger partial charge in [0.2, 0.25) is 15.9 Å². The number of rotatable bonds is 9. The topological polar surface area (TPSA) is 101 Å². The van der Waals surface area contributed by atoms with Crippen LogP contribution in [0.1, 0.15) is 61.4 Å². The third kappa shape index (κ3) is 5.83. The maximum Gasteiger partial charge on any atom is 0.338 e. The number of carbonyl (C=O) groups excluding carboxylic acids is 3. The molecule has 0 bridgehead atoms. The van der Waals surface area contributed by atoms with Crippen molar-refractivity contribution >= 4 is 33.5 Å². The van der Waals surface area contributed by atoms with Gasteiger partial charge < -0.3 is 4.74 Å². The number of anilines is 1. The fourth-order valence-electron chi connectivity index (χ4n) is 4.75. The fourth-order valence-corrected chi connectivity index (χ4v) is 6.33. The average molecular weight is 525 g/mol. The third-order valence-electron chi connectivity index (χ3n) is 6.77. The predicted octanol–water partition coefficient (Wildman–Crippen LogP) is 4.39. The lowest BCUT2D eigenvalue weighted by atomic mass is 9.97. The Kier molecular flexibility index (Phi) is 8.24. The molecule has 2 aromatic rings. The molecular formula is C28H32N2O6S. The van der Waals surface area contributed by atoms with E-state index >= 15 is 0 Å². The van der Waals surface area contributed by atoms with E-state index in [4.69, 9.17) is 4.74 Å². The van der Waals surface area contributed by atoms with Crippen LogP contribution in [0.5, 0.6) is 0 Å². The van der Waals surface area contributed by atoms with Crippen LogP contribution in [-0.2, 0) is 24.3 Å². The number of sulfonamides is 1. The standard InChI is InChI=1S/C28H32N2O6S/c1-3-36-28(33)22-11-13-23(14-12-22)30-26(31)19-25(27(30)32)29(18-17-21-7-5-4-6-8-21)37(34,35)24-15-9-20(2)10-16-24/h7,9-16,25H,3-6,8,17-19H2,1-2H3. The normalized spacial score (nSPS) is 18.3. The Labute approximate surface area is 218 Å². The molecule has 0 radical (unpaired) electrons. The van der Waals surface area contributed by atoms with E-state index in [1.807, 2.05) is 6.92 Å². The van der Waals surface area contributed by atoms with Crippen LogP contribution in [0.2, 0.25) is 0 Å². The Balaban J connectivity index is 1.63. The molecule has 1 fully saturated rings. The van der Waals surface area contributed by atoms with Crippen molar-refractivity contribution in [2.45, 2.75) is 63.3 Å². The van der Waals surface area contributed by atoms with Gasteiger partial charge in [0.05, 0.1) is 29.2 Å². The summed E-state index contributed by atoms with van der Waals surface area (Å²) in [5, 5.41) is 0. The van der Waals surface area contributed by atoms with E-state index in [9.17, 15) is 22.8 Å². The van der Waals surface area contributed by atoms with E-state index in [2.05, 4.69) is 6.08 Å². The quantitative estimate of drug-likeness (QED) is 0.274. The number of amides is 2. The van der Waals surface area contributed by atoms with Crippen molar-refractivity contribution in [3.05, 3.63) is 71.3 Å². The highest BCUT2D eigenvalue weighted by Crippen LogP contribution is 2.31. The first-order valence-electron chi connectivity index (χ1n) is 12.6. The molecule has 9 heteroatoms. The largest absolute Gasteiger partial charge is 0.462 e. The maximum absolute atomic E-state index is 13.8. The Morgan fingerprint density at radius 1 is 1.05 bits per heavy atom. The first-order chi connectivity index (χ1) is 17.7. The van der Waals surface area contributed by atoms with E-state index in [1.165, 1.54) is 46.3 Å². The molecule has 0 saturated carbocycles. The molecule has 196 valence electrons. The molecule has 1 aliphatic heterocycles. The second kappa shape index (κ2) is 11.4. The molecule has 0 aromatic heterocycles. The molecule has 1 unspecified atom stereocenters. The molecule has 1 heterocycles.